The van der Waals surface area contributed by atoms with Crippen LogP contribution in [0.25, 0.3) is 0 Å². The number of hydrogen-bond acceptors (Lipinski definition) is 4. The molecule has 1 amide bonds. The molecular weight excluding hydrogens is 282 g/mol. The highest BCUT2D eigenvalue weighted by Gasteiger charge is 2.17. The van der Waals surface area contributed by atoms with Crippen molar-refractivity contribution in [1.29, 1.82) is 0 Å². The van der Waals surface area contributed by atoms with Crippen LogP contribution in [-0.2, 0) is 17.8 Å². The lowest BCUT2D eigenvalue weighted by molar-refractivity contribution is -0.116. The Morgan fingerprint density at radius 1 is 1.33 bits per heavy atom. The molecule has 1 aromatic heterocycles. The first-order valence-electron chi connectivity index (χ1n) is 7.14. The Morgan fingerprint density at radius 2 is 2.19 bits per heavy atom. The number of carbonyl (C=O) groups excluding carboxylic acids is 1. The van der Waals surface area contributed by atoms with Crippen molar-refractivity contribution in [1.82, 2.24) is 4.90 Å². The van der Waals surface area contributed by atoms with Crippen molar-refractivity contribution in [2.24, 2.45) is 0 Å². The Morgan fingerprint density at radius 3 is 3.05 bits per heavy atom. The molecule has 2 aromatic rings. The fourth-order valence-corrected chi connectivity index (χ4v) is 3.47. The second-order valence-corrected chi connectivity index (χ2v) is 6.28. The molecule has 1 aromatic carbocycles. The number of thiophene rings is 1. The maximum Gasteiger partial charge on any atom is 0.225 e. The third-order valence-electron chi connectivity index (χ3n) is 3.78. The molecule has 1 aliphatic heterocycles. The van der Waals surface area contributed by atoms with Crippen LogP contribution in [0, 0.1) is 0 Å². The normalized spacial score (nSPS) is 14.7. The third-order valence-corrected chi connectivity index (χ3v) is 4.80. The fraction of sp³-hybridized carbons (Fsp3) is 0.312. The summed E-state index contributed by atoms with van der Waals surface area (Å²) in [5.41, 5.74) is 8.54. The molecule has 0 unspecified atom stereocenters. The highest BCUT2D eigenvalue weighted by Crippen LogP contribution is 2.24. The SMILES string of the molecule is Nc1ccccc1NC(=O)CCN1CCc2sccc2C1. The molecule has 0 aliphatic carbocycles. The van der Waals surface area contributed by atoms with Gasteiger partial charge in [-0.2, -0.15) is 0 Å². The summed E-state index contributed by atoms with van der Waals surface area (Å²) in [5.74, 6) is 0.0176. The minimum atomic E-state index is 0.0176. The zero-order valence-electron chi connectivity index (χ0n) is 11.8. The first-order valence-corrected chi connectivity index (χ1v) is 8.02. The van der Waals surface area contributed by atoms with E-state index >= 15 is 0 Å². The minimum absolute atomic E-state index is 0.0176. The van der Waals surface area contributed by atoms with Crippen LogP contribution in [0.4, 0.5) is 11.4 Å². The number of nitrogens with two attached hydrogens (primary N) is 1. The highest BCUT2D eigenvalue weighted by molar-refractivity contribution is 7.10. The Bertz CT molecular complexity index is 638. The van der Waals surface area contributed by atoms with E-state index < -0.39 is 0 Å². The number of nitrogens with zero attached hydrogens (tertiary/aromatic N) is 1. The van der Waals surface area contributed by atoms with Crippen LogP contribution in [-0.4, -0.2) is 23.9 Å². The van der Waals surface area contributed by atoms with Crippen LogP contribution in [0.3, 0.4) is 0 Å². The lowest BCUT2D eigenvalue weighted by Crippen LogP contribution is -2.32. The maximum atomic E-state index is 12.0. The molecule has 0 atom stereocenters. The number of para-hydroxylation sites is 2. The van der Waals surface area contributed by atoms with E-state index in [9.17, 15) is 4.79 Å². The van der Waals surface area contributed by atoms with Crippen molar-refractivity contribution in [3.63, 3.8) is 0 Å². The summed E-state index contributed by atoms with van der Waals surface area (Å²) >= 11 is 1.84. The van der Waals surface area contributed by atoms with Gasteiger partial charge in [-0.25, -0.2) is 0 Å². The van der Waals surface area contributed by atoms with Gasteiger partial charge in [0.25, 0.3) is 0 Å². The quantitative estimate of drug-likeness (QED) is 0.854. The van der Waals surface area contributed by atoms with Gasteiger partial charge in [0, 0.05) is 30.9 Å². The Kier molecular flexibility index (Phi) is 4.22. The first-order chi connectivity index (χ1) is 10.2. The lowest BCUT2D eigenvalue weighted by Gasteiger charge is -2.26. The van der Waals surface area contributed by atoms with Crippen LogP contribution in [0.2, 0.25) is 0 Å². The number of amides is 1. The van der Waals surface area contributed by atoms with Gasteiger partial charge in [-0.1, -0.05) is 12.1 Å². The van der Waals surface area contributed by atoms with Gasteiger partial charge in [0.1, 0.15) is 0 Å². The van der Waals surface area contributed by atoms with E-state index in [1.807, 2.05) is 29.5 Å². The van der Waals surface area contributed by atoms with Gasteiger partial charge < -0.3 is 11.1 Å². The summed E-state index contributed by atoms with van der Waals surface area (Å²) in [6.07, 6.45) is 1.59. The zero-order chi connectivity index (χ0) is 14.7. The number of carbonyl (C=O) groups is 1. The number of nitrogen functional groups attached to an aromatic ring is 1. The van der Waals surface area contributed by atoms with Crippen LogP contribution >= 0.6 is 11.3 Å². The molecule has 1 aliphatic rings. The van der Waals surface area contributed by atoms with E-state index in [0.29, 0.717) is 17.8 Å². The summed E-state index contributed by atoms with van der Waals surface area (Å²) < 4.78 is 0. The van der Waals surface area contributed by atoms with E-state index in [2.05, 4.69) is 21.7 Å². The molecule has 2 heterocycles. The summed E-state index contributed by atoms with van der Waals surface area (Å²) in [5, 5.41) is 5.03. The molecule has 21 heavy (non-hydrogen) atoms. The van der Waals surface area contributed by atoms with E-state index in [4.69, 9.17) is 5.73 Å². The average Bonchev–Trinajstić information content (AvgIpc) is 2.95. The Hall–Kier alpha value is -1.85. The molecular formula is C16H19N3OS. The molecule has 0 saturated carbocycles. The Balaban J connectivity index is 1.50. The minimum Gasteiger partial charge on any atom is -0.397 e. The standard InChI is InChI=1S/C16H19N3OS/c17-13-3-1-2-4-14(13)18-16(20)6-9-19-8-5-15-12(11-19)7-10-21-15/h1-4,7,10H,5-6,8-9,11,17H2,(H,18,20). The van der Waals surface area contributed by atoms with Crippen LogP contribution in [0.1, 0.15) is 16.9 Å². The smallest absolute Gasteiger partial charge is 0.225 e. The van der Waals surface area contributed by atoms with Gasteiger partial charge >= 0.3 is 0 Å². The predicted molar refractivity (Wildman–Crippen MR) is 87.4 cm³/mol. The molecule has 5 heteroatoms. The molecule has 0 saturated heterocycles. The van der Waals surface area contributed by atoms with Crippen molar-refractivity contribution < 1.29 is 4.79 Å². The second-order valence-electron chi connectivity index (χ2n) is 5.28. The molecule has 4 nitrogen and oxygen atoms in total. The lowest BCUT2D eigenvalue weighted by atomic mass is 10.1. The van der Waals surface area contributed by atoms with Crippen LogP contribution in [0.15, 0.2) is 35.7 Å². The maximum absolute atomic E-state index is 12.0. The average molecular weight is 301 g/mol. The number of benzene rings is 1. The van der Waals surface area contributed by atoms with E-state index in [-0.39, 0.29) is 5.91 Å². The van der Waals surface area contributed by atoms with Gasteiger partial charge in [0.05, 0.1) is 11.4 Å². The van der Waals surface area contributed by atoms with Gasteiger partial charge in [0.2, 0.25) is 5.91 Å². The molecule has 3 N–H and O–H groups in total. The number of anilines is 2. The third kappa shape index (κ3) is 3.43. The number of hydrogen-bond donors (Lipinski definition) is 2. The first kappa shape index (κ1) is 14.1. The second kappa shape index (κ2) is 6.28. The van der Waals surface area contributed by atoms with Crippen molar-refractivity contribution in [2.75, 3.05) is 24.1 Å². The zero-order valence-corrected chi connectivity index (χ0v) is 12.7. The van der Waals surface area contributed by atoms with Gasteiger partial charge in [-0.3, -0.25) is 9.69 Å². The van der Waals surface area contributed by atoms with E-state index in [0.717, 1.165) is 26.1 Å². The highest BCUT2D eigenvalue weighted by atomic mass is 32.1. The molecule has 0 bridgehead atoms. The summed E-state index contributed by atoms with van der Waals surface area (Å²) in [6.45, 7) is 2.78. The topological polar surface area (TPSA) is 58.4 Å². The van der Waals surface area contributed by atoms with Gasteiger partial charge in [-0.05, 0) is 35.6 Å². The summed E-state index contributed by atoms with van der Waals surface area (Å²) in [4.78, 5) is 15.8. The monoisotopic (exact) mass is 301 g/mol. The number of rotatable bonds is 4. The van der Waals surface area contributed by atoms with Crippen LogP contribution in [0.5, 0.6) is 0 Å². The number of fused-ring (bicyclic) bond motifs is 1. The van der Waals surface area contributed by atoms with Crippen molar-refractivity contribution >= 4 is 28.6 Å². The molecule has 0 spiro atoms. The van der Waals surface area contributed by atoms with E-state index in [1.54, 1.807) is 6.07 Å². The van der Waals surface area contributed by atoms with Crippen LogP contribution < -0.4 is 11.1 Å². The van der Waals surface area contributed by atoms with Gasteiger partial charge in [-0.15, -0.1) is 11.3 Å². The molecule has 110 valence electrons. The molecule has 3 rings (SSSR count). The van der Waals surface area contributed by atoms with Crippen molar-refractivity contribution in [3.05, 3.63) is 46.2 Å². The predicted octanol–water partition coefficient (Wildman–Crippen LogP) is 2.72. The van der Waals surface area contributed by atoms with E-state index in [1.165, 1.54) is 10.4 Å². The summed E-state index contributed by atoms with van der Waals surface area (Å²) in [7, 11) is 0. The number of nitrogens with one attached hydrogen (secondary N) is 1. The molecule has 0 fully saturated rings. The fourth-order valence-electron chi connectivity index (χ4n) is 2.58. The van der Waals surface area contributed by atoms with Gasteiger partial charge in [0.15, 0.2) is 0 Å². The van der Waals surface area contributed by atoms with Crippen molar-refractivity contribution in [2.45, 2.75) is 19.4 Å². The Labute approximate surface area is 128 Å². The summed E-state index contributed by atoms with van der Waals surface area (Å²) in [6, 6.07) is 9.53. The largest absolute Gasteiger partial charge is 0.397 e. The molecule has 0 radical (unpaired) electrons. The van der Waals surface area contributed by atoms with Crippen molar-refractivity contribution in [3.8, 4) is 0 Å².